The van der Waals surface area contributed by atoms with Crippen LogP contribution in [0.1, 0.15) is 29.6 Å². The molecular weight excluding hydrogens is 346 g/mol. The Hall–Kier alpha value is -1.63. The van der Waals surface area contributed by atoms with Gasteiger partial charge in [0.05, 0.1) is 12.2 Å². The molecular formula is C17H22ClN3O2S. The predicted molar refractivity (Wildman–Crippen MR) is 97.3 cm³/mol. The average molecular weight is 368 g/mol. The van der Waals surface area contributed by atoms with E-state index < -0.39 is 0 Å². The number of carbonyl (C=O) groups is 1. The van der Waals surface area contributed by atoms with E-state index in [2.05, 4.69) is 17.2 Å². The molecule has 2 amide bonds. The summed E-state index contributed by atoms with van der Waals surface area (Å²) in [5.41, 5.74) is 1.92. The van der Waals surface area contributed by atoms with Crippen molar-refractivity contribution in [2.45, 2.75) is 32.9 Å². The summed E-state index contributed by atoms with van der Waals surface area (Å²) in [7, 11) is 0. The second-order valence-corrected chi connectivity index (χ2v) is 6.68. The molecule has 0 atom stereocenters. The zero-order valence-corrected chi connectivity index (χ0v) is 15.2. The molecule has 1 aromatic heterocycles. The standard InChI is InChI=1S/C17H22ClN3O2S/c1-2-14-12-24-16(20-14)10-19-17(23)21(8-5-9-22)11-13-6-3-4-7-15(13)18/h3-4,6-7,12,22H,2,5,8-11H2,1H3,(H,19,23). The molecule has 7 heteroatoms. The lowest BCUT2D eigenvalue weighted by molar-refractivity contribution is 0.186. The van der Waals surface area contributed by atoms with Crippen molar-refractivity contribution in [3.8, 4) is 0 Å². The van der Waals surface area contributed by atoms with E-state index in [0.717, 1.165) is 22.7 Å². The van der Waals surface area contributed by atoms with Crippen LogP contribution in [0.4, 0.5) is 4.79 Å². The number of thiazole rings is 1. The first-order valence-corrected chi connectivity index (χ1v) is 9.20. The van der Waals surface area contributed by atoms with Crippen LogP contribution in [0.15, 0.2) is 29.6 Å². The highest BCUT2D eigenvalue weighted by Crippen LogP contribution is 2.17. The molecule has 0 fully saturated rings. The Morgan fingerprint density at radius 1 is 1.42 bits per heavy atom. The molecule has 0 aliphatic heterocycles. The molecule has 5 nitrogen and oxygen atoms in total. The van der Waals surface area contributed by atoms with Crippen molar-refractivity contribution in [2.75, 3.05) is 13.2 Å². The number of carbonyl (C=O) groups excluding carboxylic acids is 1. The van der Waals surface area contributed by atoms with Gasteiger partial charge in [-0.2, -0.15) is 0 Å². The van der Waals surface area contributed by atoms with E-state index in [0.29, 0.717) is 31.1 Å². The van der Waals surface area contributed by atoms with Gasteiger partial charge in [0.2, 0.25) is 0 Å². The second-order valence-electron chi connectivity index (χ2n) is 5.33. The van der Waals surface area contributed by atoms with Crippen LogP contribution in [0.2, 0.25) is 5.02 Å². The first-order valence-electron chi connectivity index (χ1n) is 7.94. The monoisotopic (exact) mass is 367 g/mol. The summed E-state index contributed by atoms with van der Waals surface area (Å²) in [5, 5.41) is 15.5. The molecule has 1 heterocycles. The maximum Gasteiger partial charge on any atom is 0.318 e. The minimum Gasteiger partial charge on any atom is -0.396 e. The number of aliphatic hydroxyl groups is 1. The Morgan fingerprint density at radius 2 is 2.21 bits per heavy atom. The molecule has 24 heavy (non-hydrogen) atoms. The van der Waals surface area contributed by atoms with E-state index in [-0.39, 0.29) is 12.6 Å². The summed E-state index contributed by atoms with van der Waals surface area (Å²) < 4.78 is 0. The largest absolute Gasteiger partial charge is 0.396 e. The van der Waals surface area contributed by atoms with Crippen molar-refractivity contribution in [1.82, 2.24) is 15.2 Å². The maximum atomic E-state index is 12.5. The van der Waals surface area contributed by atoms with Crippen LogP contribution >= 0.6 is 22.9 Å². The van der Waals surface area contributed by atoms with E-state index in [1.54, 1.807) is 22.3 Å². The number of urea groups is 1. The molecule has 0 aliphatic carbocycles. The molecule has 0 unspecified atom stereocenters. The third-order valence-electron chi connectivity index (χ3n) is 3.54. The van der Waals surface area contributed by atoms with Gasteiger partial charge in [-0.1, -0.05) is 36.7 Å². The average Bonchev–Trinajstić information content (AvgIpc) is 3.06. The summed E-state index contributed by atoms with van der Waals surface area (Å²) in [6.07, 6.45) is 1.41. The van der Waals surface area contributed by atoms with Gasteiger partial charge in [0.1, 0.15) is 5.01 Å². The number of nitrogens with one attached hydrogen (secondary N) is 1. The topological polar surface area (TPSA) is 65.5 Å². The number of halogens is 1. The number of benzene rings is 1. The Labute approximate surface area is 151 Å². The minimum atomic E-state index is -0.184. The number of aliphatic hydroxyl groups excluding tert-OH is 1. The van der Waals surface area contributed by atoms with E-state index in [1.165, 1.54) is 0 Å². The fraction of sp³-hybridized carbons (Fsp3) is 0.412. The lowest BCUT2D eigenvalue weighted by Gasteiger charge is -2.23. The number of hydrogen-bond acceptors (Lipinski definition) is 4. The fourth-order valence-electron chi connectivity index (χ4n) is 2.20. The highest BCUT2D eigenvalue weighted by molar-refractivity contribution is 7.09. The van der Waals surface area contributed by atoms with Crippen molar-refractivity contribution in [3.05, 3.63) is 50.9 Å². The highest BCUT2D eigenvalue weighted by Gasteiger charge is 2.15. The smallest absolute Gasteiger partial charge is 0.318 e. The van der Waals surface area contributed by atoms with Crippen molar-refractivity contribution in [3.63, 3.8) is 0 Å². The fourth-order valence-corrected chi connectivity index (χ4v) is 3.21. The van der Waals surface area contributed by atoms with Gasteiger partial charge >= 0.3 is 6.03 Å². The van der Waals surface area contributed by atoms with Gasteiger partial charge in [0.15, 0.2) is 0 Å². The maximum absolute atomic E-state index is 12.5. The summed E-state index contributed by atoms with van der Waals surface area (Å²) >= 11 is 7.73. The summed E-state index contributed by atoms with van der Waals surface area (Å²) in [4.78, 5) is 18.6. The molecule has 0 radical (unpaired) electrons. The Bertz CT molecular complexity index is 663. The zero-order chi connectivity index (χ0) is 17.4. The molecule has 1 aromatic carbocycles. The molecule has 2 rings (SSSR count). The van der Waals surface area contributed by atoms with Gasteiger partial charge < -0.3 is 15.3 Å². The molecule has 2 N–H and O–H groups in total. The summed E-state index contributed by atoms with van der Waals surface area (Å²) in [6.45, 7) is 3.37. The van der Waals surface area contributed by atoms with Crippen molar-refractivity contribution in [2.24, 2.45) is 0 Å². The highest BCUT2D eigenvalue weighted by atomic mass is 35.5. The third-order valence-corrected chi connectivity index (χ3v) is 4.81. The van der Waals surface area contributed by atoms with Crippen molar-refractivity contribution < 1.29 is 9.90 Å². The molecule has 2 aromatic rings. The number of amides is 2. The predicted octanol–water partition coefficient (Wildman–Crippen LogP) is 3.45. The van der Waals surface area contributed by atoms with Gasteiger partial charge in [-0.05, 0) is 24.5 Å². The molecule has 0 saturated carbocycles. The molecule has 0 saturated heterocycles. The van der Waals surface area contributed by atoms with Gasteiger partial charge in [0, 0.05) is 30.1 Å². The Kier molecular flexibility index (Phi) is 7.49. The lowest BCUT2D eigenvalue weighted by Crippen LogP contribution is -2.40. The minimum absolute atomic E-state index is 0.0403. The zero-order valence-electron chi connectivity index (χ0n) is 13.7. The normalized spacial score (nSPS) is 10.6. The first kappa shape index (κ1) is 18.7. The van der Waals surface area contributed by atoms with Crippen LogP contribution in [0.25, 0.3) is 0 Å². The number of aryl methyl sites for hydroxylation is 1. The van der Waals surface area contributed by atoms with E-state index in [1.807, 2.05) is 23.6 Å². The quantitative estimate of drug-likeness (QED) is 0.751. The van der Waals surface area contributed by atoms with E-state index >= 15 is 0 Å². The number of rotatable bonds is 8. The molecule has 0 bridgehead atoms. The Balaban J connectivity index is 1.97. The van der Waals surface area contributed by atoms with Crippen LogP contribution in [-0.2, 0) is 19.5 Å². The van der Waals surface area contributed by atoms with Crippen LogP contribution < -0.4 is 5.32 Å². The second kappa shape index (κ2) is 9.61. The molecule has 0 spiro atoms. The number of hydrogen-bond donors (Lipinski definition) is 2. The van der Waals surface area contributed by atoms with E-state index in [4.69, 9.17) is 16.7 Å². The SMILES string of the molecule is CCc1csc(CNC(=O)N(CCCO)Cc2ccccc2Cl)n1. The van der Waals surface area contributed by atoms with Crippen molar-refractivity contribution in [1.29, 1.82) is 0 Å². The van der Waals surface area contributed by atoms with Crippen LogP contribution in [-0.4, -0.2) is 34.2 Å². The Morgan fingerprint density at radius 3 is 2.88 bits per heavy atom. The lowest BCUT2D eigenvalue weighted by atomic mass is 10.2. The summed E-state index contributed by atoms with van der Waals surface area (Å²) in [5.74, 6) is 0. The third kappa shape index (κ3) is 5.47. The van der Waals surface area contributed by atoms with Gasteiger partial charge in [-0.25, -0.2) is 9.78 Å². The number of aromatic nitrogens is 1. The van der Waals surface area contributed by atoms with Crippen molar-refractivity contribution >= 4 is 29.0 Å². The first-order chi connectivity index (χ1) is 11.6. The molecule has 130 valence electrons. The van der Waals surface area contributed by atoms with Gasteiger partial charge in [-0.15, -0.1) is 11.3 Å². The number of nitrogens with zero attached hydrogens (tertiary/aromatic N) is 2. The van der Waals surface area contributed by atoms with E-state index in [9.17, 15) is 4.79 Å². The van der Waals surface area contributed by atoms with Crippen LogP contribution in [0.5, 0.6) is 0 Å². The molecule has 0 aliphatic rings. The van der Waals surface area contributed by atoms with Gasteiger partial charge in [-0.3, -0.25) is 0 Å². The van der Waals surface area contributed by atoms with Crippen LogP contribution in [0, 0.1) is 0 Å². The van der Waals surface area contributed by atoms with Crippen LogP contribution in [0.3, 0.4) is 0 Å². The van der Waals surface area contributed by atoms with Gasteiger partial charge in [0.25, 0.3) is 0 Å². The summed E-state index contributed by atoms with van der Waals surface area (Å²) in [6, 6.07) is 7.27.